The second-order valence-electron chi connectivity index (χ2n) is 3.89. The minimum absolute atomic E-state index is 0.261. The number of aryl methyl sites for hydroxylation is 2. The van der Waals surface area contributed by atoms with Crippen LogP contribution in [0.5, 0.6) is 0 Å². The molecule has 0 saturated heterocycles. The number of rotatable bonds is 2. The van der Waals surface area contributed by atoms with Crippen molar-refractivity contribution >= 4 is 34.8 Å². The van der Waals surface area contributed by atoms with Crippen LogP contribution in [0.15, 0.2) is 18.2 Å². The van der Waals surface area contributed by atoms with E-state index in [2.05, 4.69) is 15.5 Å². The molecule has 94 valence electrons. The summed E-state index contributed by atoms with van der Waals surface area (Å²) in [7, 11) is 0. The Kier molecular flexibility index (Phi) is 3.59. The first kappa shape index (κ1) is 12.9. The number of carbonyl (C=O) groups is 1. The molecule has 0 fully saturated rings. The Morgan fingerprint density at radius 2 is 2.06 bits per heavy atom. The van der Waals surface area contributed by atoms with E-state index in [1.807, 2.05) is 0 Å². The van der Waals surface area contributed by atoms with Crippen LogP contribution in [0.2, 0.25) is 10.0 Å². The fraction of sp³-hybridized carbons (Fsp3) is 0.167. The van der Waals surface area contributed by atoms with Crippen LogP contribution in [0.1, 0.15) is 21.7 Å². The number of hydrogen-bond donors (Lipinski definition) is 2. The van der Waals surface area contributed by atoms with Crippen LogP contribution in [0.25, 0.3) is 0 Å². The van der Waals surface area contributed by atoms with Crippen LogP contribution in [-0.4, -0.2) is 16.1 Å². The lowest BCUT2D eigenvalue weighted by Gasteiger charge is -2.07. The van der Waals surface area contributed by atoms with E-state index in [-0.39, 0.29) is 5.91 Å². The Morgan fingerprint density at radius 1 is 1.33 bits per heavy atom. The van der Waals surface area contributed by atoms with Gasteiger partial charge in [0, 0.05) is 10.7 Å². The Hall–Kier alpha value is -1.52. The van der Waals surface area contributed by atoms with Gasteiger partial charge in [0.2, 0.25) is 0 Å². The molecule has 1 heterocycles. The summed E-state index contributed by atoms with van der Waals surface area (Å²) >= 11 is 11.8. The summed E-state index contributed by atoms with van der Waals surface area (Å²) in [4.78, 5) is 12.1. The van der Waals surface area contributed by atoms with Gasteiger partial charge in [-0.3, -0.25) is 9.89 Å². The minimum Gasteiger partial charge on any atom is -0.320 e. The smallest absolute Gasteiger partial charge is 0.259 e. The van der Waals surface area contributed by atoms with Gasteiger partial charge in [-0.2, -0.15) is 5.10 Å². The minimum atomic E-state index is -0.261. The van der Waals surface area contributed by atoms with Gasteiger partial charge in [0.05, 0.1) is 22.0 Å². The highest BCUT2D eigenvalue weighted by atomic mass is 35.5. The fourth-order valence-corrected chi connectivity index (χ4v) is 2.00. The van der Waals surface area contributed by atoms with Crippen molar-refractivity contribution in [2.45, 2.75) is 13.8 Å². The number of H-pyrrole nitrogens is 1. The maximum Gasteiger partial charge on any atom is 0.259 e. The molecule has 0 radical (unpaired) electrons. The van der Waals surface area contributed by atoms with E-state index in [1.54, 1.807) is 32.0 Å². The fourth-order valence-electron chi connectivity index (χ4n) is 1.66. The van der Waals surface area contributed by atoms with Crippen molar-refractivity contribution in [2.75, 3.05) is 5.32 Å². The molecule has 0 atom stereocenters. The van der Waals surface area contributed by atoms with Crippen LogP contribution < -0.4 is 5.32 Å². The van der Waals surface area contributed by atoms with E-state index in [0.717, 1.165) is 0 Å². The van der Waals surface area contributed by atoms with E-state index < -0.39 is 0 Å². The lowest BCUT2D eigenvalue weighted by Crippen LogP contribution is -2.14. The molecule has 2 N–H and O–H groups in total. The number of nitrogens with one attached hydrogen (secondary N) is 2. The monoisotopic (exact) mass is 283 g/mol. The standard InChI is InChI=1S/C12H11Cl2N3O/c1-6-11(7(2)17-16-6)12(18)15-10-5-8(13)3-4-9(10)14/h3-5H,1-2H3,(H,15,18)(H,16,17). The zero-order valence-electron chi connectivity index (χ0n) is 9.84. The van der Waals surface area contributed by atoms with E-state index in [1.165, 1.54) is 0 Å². The van der Waals surface area contributed by atoms with Gasteiger partial charge in [-0.25, -0.2) is 0 Å². The summed E-state index contributed by atoms with van der Waals surface area (Å²) in [6.45, 7) is 3.55. The number of aromatic amines is 1. The van der Waals surface area contributed by atoms with E-state index in [0.29, 0.717) is 32.7 Å². The highest BCUT2D eigenvalue weighted by molar-refractivity contribution is 6.35. The number of nitrogens with zero attached hydrogens (tertiary/aromatic N) is 1. The Labute approximate surface area is 114 Å². The van der Waals surface area contributed by atoms with Crippen molar-refractivity contribution in [3.8, 4) is 0 Å². The normalized spacial score (nSPS) is 10.4. The van der Waals surface area contributed by atoms with Gasteiger partial charge in [0.1, 0.15) is 0 Å². The van der Waals surface area contributed by atoms with Crippen LogP contribution in [0.4, 0.5) is 5.69 Å². The second-order valence-corrected chi connectivity index (χ2v) is 4.73. The summed E-state index contributed by atoms with van der Waals surface area (Å²) in [6.07, 6.45) is 0. The zero-order chi connectivity index (χ0) is 13.3. The molecular weight excluding hydrogens is 273 g/mol. The van der Waals surface area contributed by atoms with Crippen LogP contribution >= 0.6 is 23.2 Å². The van der Waals surface area contributed by atoms with E-state index >= 15 is 0 Å². The van der Waals surface area contributed by atoms with Crippen molar-refractivity contribution < 1.29 is 4.79 Å². The van der Waals surface area contributed by atoms with Gasteiger partial charge in [-0.1, -0.05) is 23.2 Å². The highest BCUT2D eigenvalue weighted by Gasteiger charge is 2.16. The number of hydrogen-bond acceptors (Lipinski definition) is 2. The lowest BCUT2D eigenvalue weighted by molar-refractivity contribution is 0.102. The number of amides is 1. The van der Waals surface area contributed by atoms with Crippen molar-refractivity contribution in [1.82, 2.24) is 10.2 Å². The summed E-state index contributed by atoms with van der Waals surface area (Å²) in [5.74, 6) is -0.261. The van der Waals surface area contributed by atoms with Crippen molar-refractivity contribution in [2.24, 2.45) is 0 Å². The molecule has 0 aliphatic carbocycles. The van der Waals surface area contributed by atoms with Crippen molar-refractivity contribution in [1.29, 1.82) is 0 Å². The van der Waals surface area contributed by atoms with Gasteiger partial charge in [-0.05, 0) is 32.0 Å². The average Bonchev–Trinajstić information content (AvgIpc) is 2.63. The molecule has 0 aliphatic heterocycles. The Balaban J connectivity index is 2.30. The van der Waals surface area contributed by atoms with Gasteiger partial charge in [-0.15, -0.1) is 0 Å². The number of aromatic nitrogens is 2. The van der Waals surface area contributed by atoms with Crippen LogP contribution in [0.3, 0.4) is 0 Å². The predicted octanol–water partition coefficient (Wildman–Crippen LogP) is 3.59. The third kappa shape index (κ3) is 2.49. The summed E-state index contributed by atoms with van der Waals surface area (Å²) in [6, 6.07) is 4.90. The molecule has 0 spiro atoms. The van der Waals surface area contributed by atoms with Crippen LogP contribution in [-0.2, 0) is 0 Å². The first-order valence-corrected chi connectivity index (χ1v) is 6.02. The second kappa shape index (κ2) is 5.00. The zero-order valence-corrected chi connectivity index (χ0v) is 11.4. The first-order chi connectivity index (χ1) is 8.49. The maximum absolute atomic E-state index is 12.1. The van der Waals surface area contributed by atoms with Gasteiger partial charge in [0.15, 0.2) is 0 Å². The topological polar surface area (TPSA) is 57.8 Å². The predicted molar refractivity (Wildman–Crippen MR) is 72.5 cm³/mol. The lowest BCUT2D eigenvalue weighted by atomic mass is 10.2. The number of carbonyl (C=O) groups excluding carboxylic acids is 1. The number of benzene rings is 1. The summed E-state index contributed by atoms with van der Waals surface area (Å²) in [5, 5.41) is 10.4. The Bertz CT molecular complexity index is 588. The molecule has 6 heteroatoms. The first-order valence-electron chi connectivity index (χ1n) is 5.27. The van der Waals surface area contributed by atoms with Crippen LogP contribution in [0, 0.1) is 13.8 Å². The highest BCUT2D eigenvalue weighted by Crippen LogP contribution is 2.26. The summed E-state index contributed by atoms with van der Waals surface area (Å²) < 4.78 is 0. The molecule has 2 rings (SSSR count). The molecule has 4 nitrogen and oxygen atoms in total. The quantitative estimate of drug-likeness (QED) is 0.885. The van der Waals surface area contributed by atoms with Crippen molar-refractivity contribution in [3.05, 3.63) is 45.2 Å². The van der Waals surface area contributed by atoms with Gasteiger partial charge < -0.3 is 5.32 Å². The molecule has 0 saturated carbocycles. The van der Waals surface area contributed by atoms with E-state index in [9.17, 15) is 4.79 Å². The SMILES string of the molecule is Cc1n[nH]c(C)c1C(=O)Nc1cc(Cl)ccc1Cl. The molecule has 0 unspecified atom stereocenters. The molecular formula is C12H11Cl2N3O. The Morgan fingerprint density at radius 3 is 2.67 bits per heavy atom. The van der Waals surface area contributed by atoms with Crippen molar-refractivity contribution in [3.63, 3.8) is 0 Å². The van der Waals surface area contributed by atoms with Gasteiger partial charge >= 0.3 is 0 Å². The van der Waals surface area contributed by atoms with E-state index in [4.69, 9.17) is 23.2 Å². The largest absolute Gasteiger partial charge is 0.320 e. The third-order valence-electron chi connectivity index (χ3n) is 2.53. The molecule has 18 heavy (non-hydrogen) atoms. The molecule has 0 aliphatic rings. The molecule has 0 bridgehead atoms. The average molecular weight is 284 g/mol. The number of halogens is 2. The maximum atomic E-state index is 12.1. The molecule has 1 aromatic heterocycles. The molecule has 1 aromatic carbocycles. The number of anilines is 1. The third-order valence-corrected chi connectivity index (χ3v) is 3.10. The molecule has 1 amide bonds. The summed E-state index contributed by atoms with van der Waals surface area (Å²) in [5.41, 5.74) is 2.35. The molecule has 2 aromatic rings. The van der Waals surface area contributed by atoms with Gasteiger partial charge in [0.25, 0.3) is 5.91 Å².